The van der Waals surface area contributed by atoms with Crippen LogP contribution >= 0.6 is 0 Å². The second-order valence-corrected chi connectivity index (χ2v) is 5.44. The topological polar surface area (TPSA) is 40.5 Å². The molecular weight excluding hydrogens is 238 g/mol. The largest absolute Gasteiger partial charge is 0.508 e. The maximum Gasteiger partial charge on any atom is 0.225 e. The van der Waals surface area contributed by atoms with E-state index in [1.54, 1.807) is 12.1 Å². The molecule has 1 aromatic rings. The zero-order valence-corrected chi connectivity index (χ0v) is 11.0. The van der Waals surface area contributed by atoms with Crippen molar-refractivity contribution in [1.82, 2.24) is 4.90 Å². The highest BCUT2D eigenvalue weighted by molar-refractivity contribution is 5.81. The normalized spacial score (nSPS) is 19.8. The number of benzene rings is 1. The van der Waals surface area contributed by atoms with E-state index >= 15 is 0 Å². The number of carbonyl (C=O) groups excluding carboxylic acids is 1. The van der Waals surface area contributed by atoms with Crippen LogP contribution in [0, 0.1) is 5.92 Å². The predicted molar refractivity (Wildman–Crippen MR) is 74.6 cm³/mol. The number of nitrogens with zero attached hydrogens (tertiary/aromatic N) is 1. The Labute approximate surface area is 113 Å². The predicted octanol–water partition coefficient (Wildman–Crippen LogP) is 2.81. The van der Waals surface area contributed by atoms with E-state index in [0.717, 1.165) is 37.9 Å². The van der Waals surface area contributed by atoms with Gasteiger partial charge in [0.25, 0.3) is 0 Å². The molecule has 100 valence electrons. The summed E-state index contributed by atoms with van der Waals surface area (Å²) in [6, 6.07) is 7.29. The molecule has 1 aliphatic carbocycles. The van der Waals surface area contributed by atoms with Gasteiger partial charge in [0.05, 0.1) is 0 Å². The fourth-order valence-corrected chi connectivity index (χ4v) is 2.72. The Kier molecular flexibility index (Phi) is 3.28. The van der Waals surface area contributed by atoms with Gasteiger partial charge in [-0.2, -0.15) is 0 Å². The molecule has 1 fully saturated rings. The molecule has 0 spiro atoms. The van der Waals surface area contributed by atoms with Crippen LogP contribution in [0.3, 0.4) is 0 Å². The number of phenols is 1. The minimum Gasteiger partial charge on any atom is -0.508 e. The van der Waals surface area contributed by atoms with Gasteiger partial charge < -0.3 is 10.0 Å². The number of hydrogen-bond acceptors (Lipinski definition) is 2. The molecule has 0 bridgehead atoms. The summed E-state index contributed by atoms with van der Waals surface area (Å²) in [4.78, 5) is 14.1. The van der Waals surface area contributed by atoms with Gasteiger partial charge in [0, 0.05) is 19.0 Å². The highest BCUT2D eigenvalue weighted by Gasteiger charge is 2.29. The highest BCUT2D eigenvalue weighted by atomic mass is 16.3. The van der Waals surface area contributed by atoms with Crippen molar-refractivity contribution < 1.29 is 9.90 Å². The first kappa shape index (κ1) is 12.3. The minimum absolute atomic E-state index is 0.293. The van der Waals surface area contributed by atoms with Gasteiger partial charge in [-0.05, 0) is 42.5 Å². The number of amides is 1. The quantitative estimate of drug-likeness (QED) is 0.885. The molecule has 1 heterocycles. The molecule has 1 aromatic carbocycles. The van der Waals surface area contributed by atoms with Crippen LogP contribution in [-0.4, -0.2) is 29.0 Å². The first-order chi connectivity index (χ1) is 9.24. The van der Waals surface area contributed by atoms with Crippen molar-refractivity contribution in [1.29, 1.82) is 0 Å². The Balaban J connectivity index is 1.66. The monoisotopic (exact) mass is 257 g/mol. The van der Waals surface area contributed by atoms with E-state index in [2.05, 4.69) is 6.08 Å². The van der Waals surface area contributed by atoms with E-state index in [9.17, 15) is 9.90 Å². The molecular formula is C16H19NO2. The van der Waals surface area contributed by atoms with Crippen LogP contribution < -0.4 is 0 Å². The second-order valence-electron chi connectivity index (χ2n) is 5.44. The zero-order valence-electron chi connectivity index (χ0n) is 11.0. The lowest BCUT2D eigenvalue weighted by molar-refractivity contribution is -0.137. The van der Waals surface area contributed by atoms with Crippen LogP contribution in [-0.2, 0) is 4.79 Å². The number of aromatic hydroxyl groups is 1. The first-order valence-electron chi connectivity index (χ1n) is 7.01. The van der Waals surface area contributed by atoms with Crippen molar-refractivity contribution in [2.75, 3.05) is 13.1 Å². The van der Waals surface area contributed by atoms with Gasteiger partial charge >= 0.3 is 0 Å². The van der Waals surface area contributed by atoms with E-state index < -0.39 is 0 Å². The summed E-state index contributed by atoms with van der Waals surface area (Å²) < 4.78 is 0. The molecule has 1 N–H and O–H groups in total. The van der Waals surface area contributed by atoms with Crippen LogP contribution in [0.5, 0.6) is 5.75 Å². The summed E-state index contributed by atoms with van der Waals surface area (Å²) in [5.41, 5.74) is 2.42. The maximum atomic E-state index is 12.1. The first-order valence-corrected chi connectivity index (χ1v) is 7.01. The lowest BCUT2D eigenvalue weighted by Gasteiger charge is -2.33. The van der Waals surface area contributed by atoms with Gasteiger partial charge in [0.15, 0.2) is 0 Å². The van der Waals surface area contributed by atoms with Crippen molar-refractivity contribution in [3.05, 3.63) is 35.9 Å². The Morgan fingerprint density at radius 3 is 2.47 bits per heavy atom. The Morgan fingerprint density at radius 2 is 1.95 bits per heavy atom. The highest BCUT2D eigenvalue weighted by Crippen LogP contribution is 2.30. The Hall–Kier alpha value is -1.77. The van der Waals surface area contributed by atoms with Crippen molar-refractivity contribution in [2.24, 2.45) is 5.92 Å². The molecule has 1 aliphatic heterocycles. The average Bonchev–Trinajstić information content (AvgIpc) is 2.38. The smallest absolute Gasteiger partial charge is 0.225 e. The van der Waals surface area contributed by atoms with Gasteiger partial charge in [-0.15, -0.1) is 0 Å². The molecule has 0 atom stereocenters. The minimum atomic E-state index is 0.293. The number of hydrogen-bond donors (Lipinski definition) is 1. The lowest BCUT2D eigenvalue weighted by Crippen LogP contribution is -2.41. The third-order valence-corrected chi connectivity index (χ3v) is 4.21. The van der Waals surface area contributed by atoms with Crippen molar-refractivity contribution in [3.8, 4) is 5.75 Å². The summed E-state index contributed by atoms with van der Waals surface area (Å²) in [6.45, 7) is 1.55. The van der Waals surface area contributed by atoms with E-state index in [4.69, 9.17) is 0 Å². The number of phenolic OH excluding ortho intramolecular Hbond substituents is 1. The lowest BCUT2D eigenvalue weighted by atomic mass is 9.84. The Bertz CT molecular complexity index is 500. The molecule has 1 saturated carbocycles. The third kappa shape index (κ3) is 2.50. The maximum absolute atomic E-state index is 12.1. The van der Waals surface area contributed by atoms with Gasteiger partial charge in [-0.25, -0.2) is 0 Å². The van der Waals surface area contributed by atoms with Gasteiger partial charge in [0.1, 0.15) is 5.75 Å². The van der Waals surface area contributed by atoms with Gasteiger partial charge in [0.2, 0.25) is 5.91 Å². The molecule has 19 heavy (non-hydrogen) atoms. The number of carbonyl (C=O) groups is 1. The van der Waals surface area contributed by atoms with Crippen molar-refractivity contribution >= 4 is 11.5 Å². The molecule has 0 saturated heterocycles. The van der Waals surface area contributed by atoms with Crippen molar-refractivity contribution in [3.63, 3.8) is 0 Å². The molecule has 0 unspecified atom stereocenters. The molecule has 3 nitrogen and oxygen atoms in total. The van der Waals surface area contributed by atoms with Crippen LogP contribution in [0.2, 0.25) is 0 Å². The molecule has 3 heteroatoms. The van der Waals surface area contributed by atoms with Crippen molar-refractivity contribution in [2.45, 2.75) is 25.7 Å². The van der Waals surface area contributed by atoms with Gasteiger partial charge in [-0.3, -0.25) is 4.79 Å². The second kappa shape index (κ2) is 5.08. The van der Waals surface area contributed by atoms with Gasteiger partial charge in [-0.1, -0.05) is 24.6 Å². The fourth-order valence-electron chi connectivity index (χ4n) is 2.72. The fraction of sp³-hybridized carbons (Fsp3) is 0.438. The molecule has 3 rings (SSSR count). The molecule has 1 amide bonds. The van der Waals surface area contributed by atoms with E-state index in [0.29, 0.717) is 17.6 Å². The molecule has 2 aliphatic rings. The number of rotatable bonds is 2. The van der Waals surface area contributed by atoms with Crippen LogP contribution in [0.25, 0.3) is 5.57 Å². The summed E-state index contributed by atoms with van der Waals surface area (Å²) in [7, 11) is 0. The van der Waals surface area contributed by atoms with Crippen LogP contribution in [0.15, 0.2) is 30.3 Å². The third-order valence-electron chi connectivity index (χ3n) is 4.21. The SMILES string of the molecule is O=C(C1CCC1)N1CC=C(c2ccc(O)cc2)CC1. The summed E-state index contributed by atoms with van der Waals surface area (Å²) >= 11 is 0. The summed E-state index contributed by atoms with van der Waals surface area (Å²) in [5, 5.41) is 9.29. The standard InChI is InChI=1S/C16H19NO2/c18-15-6-4-12(5-7-15)13-8-10-17(11-9-13)16(19)14-2-1-3-14/h4-8,14,18H,1-3,9-11H2. The van der Waals surface area contributed by atoms with E-state index in [-0.39, 0.29) is 0 Å². The average molecular weight is 257 g/mol. The van der Waals surface area contributed by atoms with Crippen LogP contribution in [0.1, 0.15) is 31.2 Å². The molecule has 0 aromatic heterocycles. The summed E-state index contributed by atoms with van der Waals surface area (Å²) in [5.74, 6) is 0.929. The van der Waals surface area contributed by atoms with E-state index in [1.807, 2.05) is 17.0 Å². The summed E-state index contributed by atoms with van der Waals surface area (Å²) in [6.07, 6.45) is 6.41. The Morgan fingerprint density at radius 1 is 1.21 bits per heavy atom. The van der Waals surface area contributed by atoms with Crippen LogP contribution in [0.4, 0.5) is 0 Å². The van der Waals surface area contributed by atoms with E-state index in [1.165, 1.54) is 12.0 Å². The zero-order chi connectivity index (χ0) is 13.2. The molecule has 0 radical (unpaired) electrons.